The van der Waals surface area contributed by atoms with Crippen LogP contribution in [0.1, 0.15) is 21.5 Å². The number of hydrogen-bond donors (Lipinski definition) is 0. The lowest BCUT2D eigenvalue weighted by Gasteiger charge is -2.11. The van der Waals surface area contributed by atoms with Crippen molar-refractivity contribution in [1.82, 2.24) is 0 Å². The lowest BCUT2D eigenvalue weighted by molar-refractivity contribution is 0.0921. The fourth-order valence-electron chi connectivity index (χ4n) is 2.43. The van der Waals surface area contributed by atoms with Gasteiger partial charge in [0.2, 0.25) is 0 Å². The van der Waals surface area contributed by atoms with Crippen LogP contribution in [0.25, 0.3) is 11.0 Å². The van der Waals surface area contributed by atoms with Crippen LogP contribution in [-0.2, 0) is 0 Å². The maximum atomic E-state index is 12.2. The quantitative estimate of drug-likeness (QED) is 0.310. The Bertz CT molecular complexity index is 1020. The average Bonchev–Trinajstić information content (AvgIpc) is 2.60. The maximum absolute atomic E-state index is 12.2. The molecule has 0 aliphatic carbocycles. The van der Waals surface area contributed by atoms with E-state index in [2.05, 4.69) is 22.6 Å². The van der Waals surface area contributed by atoms with Gasteiger partial charge in [-0.2, -0.15) is 0 Å². The molecule has 25 heavy (non-hydrogen) atoms. The molecule has 0 unspecified atom stereocenters. The molecule has 128 valence electrons. The summed E-state index contributed by atoms with van der Waals surface area (Å²) in [5, 5.41) is 1.43. The summed E-state index contributed by atoms with van der Waals surface area (Å²) >= 11 is 7.89. The summed E-state index contributed by atoms with van der Waals surface area (Å²) in [7, 11) is 0. The van der Waals surface area contributed by atoms with Gasteiger partial charge in [0.15, 0.2) is 18.0 Å². The Hall–Kier alpha value is -1.86. The van der Waals surface area contributed by atoms with Crippen LogP contribution in [0.15, 0.2) is 45.6 Å². The molecular weight excluding hydrogens is 455 g/mol. The summed E-state index contributed by atoms with van der Waals surface area (Å²) in [6.45, 7) is 3.51. The third-order valence-electron chi connectivity index (χ3n) is 4.05. The lowest BCUT2D eigenvalue weighted by atomic mass is 10.1. The van der Waals surface area contributed by atoms with Gasteiger partial charge in [-0.15, -0.1) is 0 Å². The van der Waals surface area contributed by atoms with E-state index >= 15 is 0 Å². The molecule has 0 aliphatic rings. The van der Waals surface area contributed by atoms with Gasteiger partial charge in [0.25, 0.3) is 0 Å². The summed E-state index contributed by atoms with van der Waals surface area (Å²) in [5.74, 6) is 0.343. The summed E-state index contributed by atoms with van der Waals surface area (Å²) in [6.07, 6.45) is 0. The van der Waals surface area contributed by atoms with Crippen LogP contribution >= 0.6 is 34.2 Å². The first-order chi connectivity index (χ1) is 11.9. The number of benzene rings is 2. The zero-order valence-corrected chi connectivity index (χ0v) is 16.5. The van der Waals surface area contributed by atoms with Crippen molar-refractivity contribution < 1.29 is 13.9 Å². The normalized spacial score (nSPS) is 10.9. The number of rotatable bonds is 4. The van der Waals surface area contributed by atoms with Crippen LogP contribution in [0.5, 0.6) is 5.75 Å². The summed E-state index contributed by atoms with van der Waals surface area (Å²) in [5.41, 5.74) is 2.11. The molecule has 0 radical (unpaired) electrons. The monoisotopic (exact) mass is 468 g/mol. The fraction of sp³-hybridized carbons (Fsp3) is 0.158. The van der Waals surface area contributed by atoms with Gasteiger partial charge < -0.3 is 9.15 Å². The number of Topliss-reactive ketones (excluding diaryl/α,β-unsaturated/α-hetero) is 1. The van der Waals surface area contributed by atoms with Crippen molar-refractivity contribution >= 4 is 50.9 Å². The number of carbonyl (C=O) groups excluding carboxylic acids is 1. The number of ether oxygens (including phenoxy) is 1. The van der Waals surface area contributed by atoms with Gasteiger partial charge in [0.05, 0.1) is 3.57 Å². The molecule has 0 aliphatic heterocycles. The number of halogens is 2. The molecule has 1 aromatic heterocycles. The van der Waals surface area contributed by atoms with Gasteiger partial charge in [-0.3, -0.25) is 4.79 Å². The molecule has 3 rings (SSSR count). The van der Waals surface area contributed by atoms with E-state index in [0.29, 0.717) is 31.1 Å². The number of fused-ring (bicyclic) bond motifs is 1. The van der Waals surface area contributed by atoms with Crippen LogP contribution in [0.3, 0.4) is 0 Å². The predicted octanol–water partition coefficient (Wildman–Crippen LogP) is 4.93. The Morgan fingerprint density at radius 1 is 1.12 bits per heavy atom. The fourth-order valence-corrected chi connectivity index (χ4v) is 3.29. The van der Waals surface area contributed by atoms with Gasteiger partial charge in [-0.05, 0) is 78.4 Å². The summed E-state index contributed by atoms with van der Waals surface area (Å²) < 4.78 is 11.7. The van der Waals surface area contributed by atoms with Crippen LogP contribution in [0.4, 0.5) is 0 Å². The largest absolute Gasteiger partial charge is 0.484 e. The molecule has 6 heteroatoms. The Labute approximate surface area is 162 Å². The van der Waals surface area contributed by atoms with Crippen molar-refractivity contribution in [3.8, 4) is 5.75 Å². The SMILES string of the molecule is Cc1c(C)c2ccc(OCC(=O)c3ccc(Cl)cc3)c(I)c2oc1=O. The zero-order valence-electron chi connectivity index (χ0n) is 13.6. The first kappa shape index (κ1) is 17.9. The lowest BCUT2D eigenvalue weighted by Crippen LogP contribution is -2.12. The van der Waals surface area contributed by atoms with Crippen LogP contribution < -0.4 is 10.4 Å². The second-order valence-corrected chi connectivity index (χ2v) is 7.13. The van der Waals surface area contributed by atoms with Gasteiger partial charge in [0, 0.05) is 21.5 Å². The maximum Gasteiger partial charge on any atom is 0.339 e. The van der Waals surface area contributed by atoms with E-state index in [1.807, 2.05) is 13.0 Å². The highest BCUT2D eigenvalue weighted by atomic mass is 127. The van der Waals surface area contributed by atoms with Gasteiger partial charge >= 0.3 is 5.63 Å². The molecule has 4 nitrogen and oxygen atoms in total. The highest BCUT2D eigenvalue weighted by Gasteiger charge is 2.15. The average molecular weight is 469 g/mol. The third kappa shape index (κ3) is 3.57. The van der Waals surface area contributed by atoms with E-state index in [-0.39, 0.29) is 18.0 Å². The highest BCUT2D eigenvalue weighted by Crippen LogP contribution is 2.31. The summed E-state index contributed by atoms with van der Waals surface area (Å²) in [4.78, 5) is 24.1. The molecule has 0 saturated carbocycles. The highest BCUT2D eigenvalue weighted by molar-refractivity contribution is 14.1. The standard InChI is InChI=1S/C19H14ClIO4/c1-10-11(2)19(23)25-18-14(10)7-8-16(17(18)21)24-9-15(22)12-3-5-13(20)6-4-12/h3-8H,9H2,1-2H3. The number of ketones is 1. The molecule has 0 fully saturated rings. The molecule has 0 spiro atoms. The molecule has 0 saturated heterocycles. The number of hydrogen-bond acceptors (Lipinski definition) is 4. The van der Waals surface area contributed by atoms with E-state index in [4.69, 9.17) is 20.8 Å². The summed E-state index contributed by atoms with van der Waals surface area (Å²) in [6, 6.07) is 10.3. The minimum atomic E-state index is -0.364. The minimum Gasteiger partial charge on any atom is -0.484 e. The molecule has 0 amide bonds. The van der Waals surface area contributed by atoms with Gasteiger partial charge in [-0.25, -0.2) is 4.79 Å². The van der Waals surface area contributed by atoms with Crippen LogP contribution in [0, 0.1) is 17.4 Å². The molecular formula is C19H14ClIO4. The molecule has 0 atom stereocenters. The molecule has 0 N–H and O–H groups in total. The predicted molar refractivity (Wildman–Crippen MR) is 106 cm³/mol. The van der Waals surface area contributed by atoms with Gasteiger partial charge in [0.1, 0.15) is 5.75 Å². The van der Waals surface area contributed by atoms with E-state index in [9.17, 15) is 9.59 Å². The van der Waals surface area contributed by atoms with Gasteiger partial charge in [-0.1, -0.05) is 11.6 Å². The number of aryl methyl sites for hydroxylation is 1. The molecule has 0 bridgehead atoms. The first-order valence-electron chi connectivity index (χ1n) is 7.52. The second-order valence-electron chi connectivity index (χ2n) is 5.61. The van der Waals surface area contributed by atoms with Crippen molar-refractivity contribution in [2.45, 2.75) is 13.8 Å². The molecule has 2 aromatic carbocycles. The second kappa shape index (κ2) is 7.17. The molecule has 3 aromatic rings. The number of carbonyl (C=O) groups is 1. The van der Waals surface area contributed by atoms with E-state index in [1.54, 1.807) is 37.3 Å². The van der Waals surface area contributed by atoms with E-state index < -0.39 is 0 Å². The zero-order chi connectivity index (χ0) is 18.1. The smallest absolute Gasteiger partial charge is 0.339 e. The first-order valence-corrected chi connectivity index (χ1v) is 8.98. The Morgan fingerprint density at radius 3 is 2.48 bits per heavy atom. The van der Waals surface area contributed by atoms with E-state index in [0.717, 1.165) is 10.9 Å². The molecule has 1 heterocycles. The van der Waals surface area contributed by atoms with E-state index in [1.165, 1.54) is 0 Å². The van der Waals surface area contributed by atoms with Crippen LogP contribution in [-0.4, -0.2) is 12.4 Å². The Kier molecular flexibility index (Phi) is 5.15. The van der Waals surface area contributed by atoms with Crippen molar-refractivity contribution in [3.05, 3.63) is 72.1 Å². The van der Waals surface area contributed by atoms with Crippen molar-refractivity contribution in [3.63, 3.8) is 0 Å². The minimum absolute atomic E-state index is 0.113. The van der Waals surface area contributed by atoms with Crippen molar-refractivity contribution in [2.24, 2.45) is 0 Å². The topological polar surface area (TPSA) is 56.5 Å². The third-order valence-corrected chi connectivity index (χ3v) is 5.33. The Morgan fingerprint density at radius 2 is 1.80 bits per heavy atom. The van der Waals surface area contributed by atoms with Crippen molar-refractivity contribution in [2.75, 3.05) is 6.61 Å². The van der Waals surface area contributed by atoms with Crippen LogP contribution in [0.2, 0.25) is 5.02 Å². The Balaban J connectivity index is 1.88. The van der Waals surface area contributed by atoms with Crippen molar-refractivity contribution in [1.29, 1.82) is 0 Å².